The normalized spacial score (nSPS) is 18.4. The molecule has 32 heavy (non-hydrogen) atoms. The van der Waals surface area contributed by atoms with Crippen LogP contribution in [0.1, 0.15) is 36.0 Å². The molecule has 172 valence electrons. The quantitative estimate of drug-likeness (QED) is 0.625. The molecule has 2 aliphatic heterocycles. The molecule has 2 aromatic carbocycles. The fraction of sp³-hybridized carbons (Fsp3) is 0.435. The van der Waals surface area contributed by atoms with E-state index in [1.807, 2.05) is 24.3 Å². The van der Waals surface area contributed by atoms with Gasteiger partial charge in [0.1, 0.15) is 0 Å². The number of carbonyl (C=O) groups is 1. The predicted octanol–water partition coefficient (Wildman–Crippen LogP) is 4.52. The first-order chi connectivity index (χ1) is 15.4. The molecule has 2 heterocycles. The Morgan fingerprint density at radius 3 is 2.16 bits per heavy atom. The number of halogens is 2. The number of amides is 1. The van der Waals surface area contributed by atoms with Crippen molar-refractivity contribution in [2.24, 2.45) is 0 Å². The lowest BCUT2D eigenvalue weighted by atomic mass is 10.1. The summed E-state index contributed by atoms with van der Waals surface area (Å²) < 4.78 is 27.9. The van der Waals surface area contributed by atoms with Crippen LogP contribution in [0.4, 0.5) is 5.69 Å². The highest BCUT2D eigenvalue weighted by Crippen LogP contribution is 2.27. The van der Waals surface area contributed by atoms with Gasteiger partial charge in [-0.15, -0.1) is 0 Å². The average molecular weight is 496 g/mol. The Balaban J connectivity index is 1.49. The van der Waals surface area contributed by atoms with Gasteiger partial charge in [-0.3, -0.25) is 4.79 Å². The molecule has 2 saturated heterocycles. The van der Waals surface area contributed by atoms with Crippen molar-refractivity contribution in [1.29, 1.82) is 0 Å². The number of hydrogen-bond acceptors (Lipinski definition) is 4. The Hall–Kier alpha value is -1.80. The van der Waals surface area contributed by atoms with Crippen LogP contribution in [0.3, 0.4) is 0 Å². The summed E-state index contributed by atoms with van der Waals surface area (Å²) in [5.41, 5.74) is 1.26. The van der Waals surface area contributed by atoms with Crippen molar-refractivity contribution in [3.8, 4) is 0 Å². The summed E-state index contributed by atoms with van der Waals surface area (Å²) in [5.74, 6) is -0.242. The van der Waals surface area contributed by atoms with Crippen LogP contribution in [0.5, 0.6) is 0 Å². The molecule has 2 fully saturated rings. The van der Waals surface area contributed by atoms with E-state index in [0.717, 1.165) is 31.4 Å². The number of rotatable bonds is 4. The van der Waals surface area contributed by atoms with Crippen LogP contribution in [-0.4, -0.2) is 62.8 Å². The maximum atomic E-state index is 13.2. The first-order valence-corrected chi connectivity index (χ1v) is 13.2. The lowest BCUT2D eigenvalue weighted by molar-refractivity contribution is 0.0746. The summed E-state index contributed by atoms with van der Waals surface area (Å²) in [6.45, 7) is 3.39. The van der Waals surface area contributed by atoms with Gasteiger partial charge in [0.2, 0.25) is 10.0 Å². The highest BCUT2D eigenvalue weighted by molar-refractivity contribution is 7.89. The second-order valence-corrected chi connectivity index (χ2v) is 11.0. The molecule has 0 bridgehead atoms. The molecular weight excluding hydrogens is 469 g/mol. The number of sulfonamides is 1. The monoisotopic (exact) mass is 495 g/mol. The molecule has 0 spiro atoms. The summed E-state index contributed by atoms with van der Waals surface area (Å²) in [5, 5.41) is 0.942. The number of anilines is 1. The van der Waals surface area contributed by atoms with E-state index in [9.17, 15) is 13.2 Å². The fourth-order valence-electron chi connectivity index (χ4n) is 4.27. The van der Waals surface area contributed by atoms with Crippen molar-refractivity contribution in [2.45, 2.75) is 30.6 Å². The topological polar surface area (TPSA) is 60.9 Å². The standard InChI is InChI=1S/C23H27Cl2N3O3S/c24-18-6-5-7-19(16-18)26-12-14-27(15-13-26)23(29)21-17-20(8-9-22(21)25)32(30,31)28-10-3-1-2-4-11-28/h5-9,16-17H,1-4,10-15H2. The fourth-order valence-corrected chi connectivity index (χ4v) is 6.20. The van der Waals surface area contributed by atoms with Gasteiger partial charge >= 0.3 is 0 Å². The maximum Gasteiger partial charge on any atom is 0.255 e. The van der Waals surface area contributed by atoms with E-state index < -0.39 is 10.0 Å². The molecule has 2 aliphatic rings. The smallest absolute Gasteiger partial charge is 0.255 e. The summed E-state index contributed by atoms with van der Waals surface area (Å²) in [6, 6.07) is 12.1. The molecule has 0 saturated carbocycles. The third-order valence-electron chi connectivity index (χ3n) is 6.11. The first kappa shape index (κ1) is 23.4. The van der Waals surface area contributed by atoms with Gasteiger partial charge in [-0.25, -0.2) is 8.42 Å². The average Bonchev–Trinajstić information content (AvgIpc) is 3.09. The van der Waals surface area contributed by atoms with Crippen LogP contribution >= 0.6 is 23.2 Å². The van der Waals surface area contributed by atoms with Crippen LogP contribution in [-0.2, 0) is 10.0 Å². The lowest BCUT2D eigenvalue weighted by Gasteiger charge is -2.36. The zero-order chi connectivity index (χ0) is 22.7. The molecular formula is C23H27Cl2N3O3S. The van der Waals surface area contributed by atoms with Gasteiger partial charge in [0.05, 0.1) is 15.5 Å². The third kappa shape index (κ3) is 5.06. The molecule has 4 rings (SSSR count). The van der Waals surface area contributed by atoms with Gasteiger partial charge in [0, 0.05) is 50.0 Å². The van der Waals surface area contributed by atoms with Crippen molar-refractivity contribution in [3.63, 3.8) is 0 Å². The molecule has 6 nitrogen and oxygen atoms in total. The summed E-state index contributed by atoms with van der Waals surface area (Å²) in [7, 11) is -3.65. The largest absolute Gasteiger partial charge is 0.368 e. The zero-order valence-corrected chi connectivity index (χ0v) is 20.2. The van der Waals surface area contributed by atoms with E-state index in [0.29, 0.717) is 44.3 Å². The number of carbonyl (C=O) groups excluding carboxylic acids is 1. The van der Waals surface area contributed by atoms with Crippen molar-refractivity contribution >= 4 is 44.8 Å². The van der Waals surface area contributed by atoms with Gasteiger partial charge in [0.25, 0.3) is 5.91 Å². The van der Waals surface area contributed by atoms with E-state index in [-0.39, 0.29) is 21.4 Å². The Kier molecular flexibility index (Phi) is 7.30. The minimum atomic E-state index is -3.65. The van der Waals surface area contributed by atoms with Crippen molar-refractivity contribution in [3.05, 3.63) is 58.1 Å². The van der Waals surface area contributed by atoms with Gasteiger partial charge in [-0.1, -0.05) is 42.1 Å². The van der Waals surface area contributed by atoms with Crippen LogP contribution in [0.2, 0.25) is 10.0 Å². The molecule has 0 aliphatic carbocycles. The summed E-state index contributed by atoms with van der Waals surface area (Å²) in [4.78, 5) is 17.3. The Morgan fingerprint density at radius 2 is 1.50 bits per heavy atom. The van der Waals surface area contributed by atoms with E-state index in [1.54, 1.807) is 4.90 Å². The number of hydrogen-bond donors (Lipinski definition) is 0. The second kappa shape index (κ2) is 10.00. The molecule has 0 unspecified atom stereocenters. The summed E-state index contributed by atoms with van der Waals surface area (Å²) >= 11 is 12.4. The van der Waals surface area contributed by atoms with Gasteiger partial charge in [-0.05, 0) is 49.2 Å². The second-order valence-electron chi connectivity index (χ2n) is 8.22. The maximum absolute atomic E-state index is 13.2. The van der Waals surface area contributed by atoms with Crippen molar-refractivity contribution in [2.75, 3.05) is 44.2 Å². The number of benzene rings is 2. The summed E-state index contributed by atoms with van der Waals surface area (Å²) in [6.07, 6.45) is 3.79. The Morgan fingerprint density at radius 1 is 0.812 bits per heavy atom. The minimum Gasteiger partial charge on any atom is -0.368 e. The molecule has 0 N–H and O–H groups in total. The minimum absolute atomic E-state index is 0.129. The van der Waals surface area contributed by atoms with Gasteiger partial charge in [0.15, 0.2) is 0 Å². The third-order valence-corrected chi connectivity index (χ3v) is 8.57. The molecule has 1 amide bonds. The van der Waals surface area contributed by atoms with Crippen LogP contribution < -0.4 is 4.90 Å². The van der Waals surface area contributed by atoms with E-state index in [1.165, 1.54) is 22.5 Å². The SMILES string of the molecule is O=C(c1cc(S(=O)(=O)N2CCCCCC2)ccc1Cl)N1CCN(c2cccc(Cl)c2)CC1. The molecule has 2 aromatic rings. The predicted molar refractivity (Wildman–Crippen MR) is 128 cm³/mol. The molecule has 0 radical (unpaired) electrons. The zero-order valence-electron chi connectivity index (χ0n) is 17.8. The number of piperazine rings is 1. The first-order valence-electron chi connectivity index (χ1n) is 11.0. The van der Waals surface area contributed by atoms with Gasteiger partial charge in [-0.2, -0.15) is 4.31 Å². The Bertz CT molecular complexity index is 1080. The molecule has 0 atom stereocenters. The van der Waals surface area contributed by atoms with Crippen molar-refractivity contribution in [1.82, 2.24) is 9.21 Å². The van der Waals surface area contributed by atoms with Crippen LogP contribution in [0.25, 0.3) is 0 Å². The van der Waals surface area contributed by atoms with E-state index in [4.69, 9.17) is 23.2 Å². The lowest BCUT2D eigenvalue weighted by Crippen LogP contribution is -2.48. The van der Waals surface area contributed by atoms with E-state index in [2.05, 4.69) is 4.90 Å². The van der Waals surface area contributed by atoms with Gasteiger partial charge < -0.3 is 9.80 Å². The van der Waals surface area contributed by atoms with E-state index >= 15 is 0 Å². The number of nitrogens with zero attached hydrogens (tertiary/aromatic N) is 3. The highest BCUT2D eigenvalue weighted by atomic mass is 35.5. The Labute approximate surface area is 199 Å². The van der Waals surface area contributed by atoms with Crippen LogP contribution in [0.15, 0.2) is 47.4 Å². The molecule has 0 aromatic heterocycles. The van der Waals surface area contributed by atoms with Crippen LogP contribution in [0, 0.1) is 0 Å². The van der Waals surface area contributed by atoms with Crippen molar-refractivity contribution < 1.29 is 13.2 Å². The molecule has 9 heteroatoms. The highest BCUT2D eigenvalue weighted by Gasteiger charge is 2.29.